The summed E-state index contributed by atoms with van der Waals surface area (Å²) in [6.45, 7) is -0.0872. The molecule has 0 bridgehead atoms. The zero-order valence-corrected chi connectivity index (χ0v) is 13.7. The Morgan fingerprint density at radius 1 is 1.25 bits per heavy atom. The standard InChI is InChI=1S/C16H20ClFN2O4/c17-11-5-10(6-12(18)7-11)14(21)8-19-16(24)20-13-3-1-9(2-4-13)15(22)23/h5-7,9,13-14,21H,1-4,8H2,(H,22,23)(H2,19,20,24). The lowest BCUT2D eigenvalue weighted by atomic mass is 9.86. The average molecular weight is 359 g/mol. The van der Waals surface area contributed by atoms with Gasteiger partial charge in [0.15, 0.2) is 0 Å². The maximum atomic E-state index is 13.2. The summed E-state index contributed by atoms with van der Waals surface area (Å²) in [6, 6.07) is 3.19. The number of aliphatic hydroxyl groups excluding tert-OH is 1. The van der Waals surface area contributed by atoms with Crippen molar-refractivity contribution in [2.75, 3.05) is 6.54 Å². The molecule has 8 heteroatoms. The molecule has 0 heterocycles. The fraction of sp³-hybridized carbons (Fsp3) is 0.500. The van der Waals surface area contributed by atoms with E-state index in [1.165, 1.54) is 6.07 Å². The van der Waals surface area contributed by atoms with Crippen LogP contribution in [0.5, 0.6) is 0 Å². The normalized spacial score (nSPS) is 21.8. The molecule has 1 aromatic rings. The number of rotatable bonds is 5. The summed E-state index contributed by atoms with van der Waals surface area (Å²) in [5.74, 6) is -1.70. The molecule has 1 fully saturated rings. The molecule has 1 atom stereocenters. The van der Waals surface area contributed by atoms with E-state index < -0.39 is 23.9 Å². The maximum Gasteiger partial charge on any atom is 0.315 e. The van der Waals surface area contributed by atoms with Crippen LogP contribution in [0.2, 0.25) is 5.02 Å². The SMILES string of the molecule is O=C(NCC(O)c1cc(F)cc(Cl)c1)NC1CCC(C(=O)O)CC1. The van der Waals surface area contributed by atoms with Crippen LogP contribution in [0.4, 0.5) is 9.18 Å². The van der Waals surface area contributed by atoms with Crippen molar-refractivity contribution >= 4 is 23.6 Å². The maximum absolute atomic E-state index is 13.2. The van der Waals surface area contributed by atoms with Gasteiger partial charge in [0.1, 0.15) is 5.82 Å². The van der Waals surface area contributed by atoms with Gasteiger partial charge in [-0.25, -0.2) is 9.18 Å². The molecule has 0 saturated heterocycles. The van der Waals surface area contributed by atoms with E-state index in [1.54, 1.807) is 0 Å². The van der Waals surface area contributed by atoms with Crippen LogP contribution in [0.25, 0.3) is 0 Å². The van der Waals surface area contributed by atoms with Gasteiger partial charge in [-0.3, -0.25) is 4.79 Å². The van der Waals surface area contributed by atoms with Crippen molar-refractivity contribution in [3.8, 4) is 0 Å². The highest BCUT2D eigenvalue weighted by molar-refractivity contribution is 6.30. The van der Waals surface area contributed by atoms with E-state index in [0.29, 0.717) is 25.7 Å². The number of nitrogens with one attached hydrogen (secondary N) is 2. The van der Waals surface area contributed by atoms with Crippen LogP contribution in [0.15, 0.2) is 18.2 Å². The number of carbonyl (C=O) groups excluding carboxylic acids is 1. The Hall–Kier alpha value is -1.86. The fourth-order valence-corrected chi connectivity index (χ4v) is 3.03. The molecule has 1 aromatic carbocycles. The van der Waals surface area contributed by atoms with Gasteiger partial charge in [0.05, 0.1) is 12.0 Å². The number of benzene rings is 1. The lowest BCUT2D eigenvalue weighted by Crippen LogP contribution is -2.45. The molecular formula is C16H20ClFN2O4. The highest BCUT2D eigenvalue weighted by atomic mass is 35.5. The lowest BCUT2D eigenvalue weighted by molar-refractivity contribution is -0.142. The lowest BCUT2D eigenvalue weighted by Gasteiger charge is -2.27. The number of hydrogen-bond acceptors (Lipinski definition) is 3. The van der Waals surface area contributed by atoms with E-state index in [4.69, 9.17) is 16.7 Å². The van der Waals surface area contributed by atoms with E-state index in [0.717, 1.165) is 12.1 Å². The van der Waals surface area contributed by atoms with E-state index in [-0.39, 0.29) is 29.1 Å². The Balaban J connectivity index is 1.76. The summed E-state index contributed by atoms with van der Waals surface area (Å²) in [4.78, 5) is 22.7. The molecule has 0 radical (unpaired) electrons. The third-order valence-corrected chi connectivity index (χ3v) is 4.36. The molecule has 0 aliphatic heterocycles. The first-order valence-corrected chi connectivity index (χ1v) is 8.14. The van der Waals surface area contributed by atoms with Gasteiger partial charge in [-0.15, -0.1) is 0 Å². The van der Waals surface area contributed by atoms with Crippen molar-refractivity contribution in [3.05, 3.63) is 34.6 Å². The summed E-state index contributed by atoms with van der Waals surface area (Å²) < 4.78 is 13.2. The van der Waals surface area contributed by atoms with E-state index in [1.807, 2.05) is 0 Å². The monoisotopic (exact) mass is 358 g/mol. The number of aliphatic carboxylic acids is 1. The van der Waals surface area contributed by atoms with Crippen molar-refractivity contribution in [1.82, 2.24) is 10.6 Å². The summed E-state index contributed by atoms with van der Waals surface area (Å²) in [7, 11) is 0. The van der Waals surface area contributed by atoms with Crippen LogP contribution >= 0.6 is 11.6 Å². The van der Waals surface area contributed by atoms with Gasteiger partial charge in [-0.05, 0) is 49.4 Å². The minimum Gasteiger partial charge on any atom is -0.481 e. The Kier molecular flexibility index (Phi) is 6.39. The Morgan fingerprint density at radius 3 is 2.50 bits per heavy atom. The molecule has 1 aliphatic rings. The molecule has 1 aliphatic carbocycles. The third kappa shape index (κ3) is 5.35. The largest absolute Gasteiger partial charge is 0.481 e. The van der Waals surface area contributed by atoms with Crippen LogP contribution in [0.3, 0.4) is 0 Å². The molecule has 0 aromatic heterocycles. The van der Waals surface area contributed by atoms with Crippen molar-refractivity contribution in [1.29, 1.82) is 0 Å². The second kappa shape index (κ2) is 8.30. The van der Waals surface area contributed by atoms with Gasteiger partial charge in [0.2, 0.25) is 0 Å². The molecule has 2 rings (SSSR count). The molecule has 1 unspecified atom stereocenters. The topological polar surface area (TPSA) is 98.7 Å². The first-order valence-electron chi connectivity index (χ1n) is 7.76. The number of carboxylic acids is 1. The summed E-state index contributed by atoms with van der Waals surface area (Å²) in [5.41, 5.74) is 0.280. The Morgan fingerprint density at radius 2 is 1.92 bits per heavy atom. The third-order valence-electron chi connectivity index (χ3n) is 4.14. The number of carbonyl (C=O) groups is 2. The fourth-order valence-electron chi connectivity index (χ4n) is 2.80. The van der Waals surface area contributed by atoms with Crippen molar-refractivity contribution in [2.24, 2.45) is 5.92 Å². The highest BCUT2D eigenvalue weighted by Gasteiger charge is 2.26. The van der Waals surface area contributed by atoms with E-state index in [2.05, 4.69) is 10.6 Å². The van der Waals surface area contributed by atoms with Gasteiger partial charge in [-0.2, -0.15) is 0 Å². The number of hydrogen-bond donors (Lipinski definition) is 4. The zero-order chi connectivity index (χ0) is 17.7. The van der Waals surface area contributed by atoms with E-state index in [9.17, 15) is 19.1 Å². The molecular weight excluding hydrogens is 339 g/mol. The van der Waals surface area contributed by atoms with Gasteiger partial charge in [-0.1, -0.05) is 11.6 Å². The highest BCUT2D eigenvalue weighted by Crippen LogP contribution is 2.24. The zero-order valence-electron chi connectivity index (χ0n) is 13.0. The summed E-state index contributed by atoms with van der Waals surface area (Å²) >= 11 is 5.73. The second-order valence-corrected chi connectivity index (χ2v) is 6.40. The first-order chi connectivity index (χ1) is 11.3. The smallest absolute Gasteiger partial charge is 0.315 e. The van der Waals surface area contributed by atoms with Gasteiger partial charge >= 0.3 is 12.0 Å². The number of amides is 2. The summed E-state index contributed by atoms with van der Waals surface area (Å²) in [6.07, 6.45) is 1.19. The Bertz CT molecular complexity index is 585. The number of carboxylic acid groups (broad SMARTS) is 1. The predicted octanol–water partition coefficient (Wildman–Crippen LogP) is 2.46. The van der Waals surface area contributed by atoms with Crippen LogP contribution in [0.1, 0.15) is 37.4 Å². The first kappa shape index (κ1) is 18.5. The molecule has 1 saturated carbocycles. The van der Waals surface area contributed by atoms with Crippen LogP contribution in [-0.2, 0) is 4.79 Å². The van der Waals surface area contributed by atoms with E-state index >= 15 is 0 Å². The number of urea groups is 1. The van der Waals surface area contributed by atoms with Crippen molar-refractivity contribution < 1.29 is 24.2 Å². The number of halogens is 2. The molecule has 4 N–H and O–H groups in total. The van der Waals surface area contributed by atoms with Gasteiger partial charge in [0.25, 0.3) is 0 Å². The number of aliphatic hydroxyl groups is 1. The minimum atomic E-state index is -1.08. The average Bonchev–Trinajstić information content (AvgIpc) is 2.52. The van der Waals surface area contributed by atoms with Gasteiger partial charge < -0.3 is 20.8 Å². The van der Waals surface area contributed by atoms with Crippen LogP contribution in [-0.4, -0.2) is 34.8 Å². The molecule has 24 heavy (non-hydrogen) atoms. The quantitative estimate of drug-likeness (QED) is 0.649. The van der Waals surface area contributed by atoms with Crippen molar-refractivity contribution in [3.63, 3.8) is 0 Å². The molecule has 0 spiro atoms. The van der Waals surface area contributed by atoms with Gasteiger partial charge in [0, 0.05) is 17.6 Å². The predicted molar refractivity (Wildman–Crippen MR) is 86.3 cm³/mol. The molecule has 132 valence electrons. The second-order valence-electron chi connectivity index (χ2n) is 5.96. The Labute approximate surface area is 144 Å². The molecule has 6 nitrogen and oxygen atoms in total. The minimum absolute atomic E-state index is 0.0821. The van der Waals surface area contributed by atoms with Crippen molar-refractivity contribution in [2.45, 2.75) is 37.8 Å². The van der Waals surface area contributed by atoms with Crippen LogP contribution in [0, 0.1) is 11.7 Å². The summed E-state index contributed by atoms with van der Waals surface area (Å²) in [5, 5.41) is 24.4. The van der Waals surface area contributed by atoms with Crippen LogP contribution < -0.4 is 10.6 Å². The molecule has 2 amide bonds.